The van der Waals surface area contributed by atoms with E-state index in [9.17, 15) is 14.0 Å². The number of carbonyl (C=O) groups excluding carboxylic acids is 2. The number of para-hydroxylation sites is 1. The molecule has 2 aromatic rings. The first-order chi connectivity index (χ1) is 12.3. The highest BCUT2D eigenvalue weighted by Crippen LogP contribution is 2.21. The molecule has 4 nitrogen and oxygen atoms in total. The quantitative estimate of drug-likeness (QED) is 0.727. The van der Waals surface area contributed by atoms with Crippen molar-refractivity contribution in [3.63, 3.8) is 0 Å². The van der Waals surface area contributed by atoms with Crippen LogP contribution in [0.15, 0.2) is 42.5 Å². The van der Waals surface area contributed by atoms with E-state index in [0.29, 0.717) is 11.4 Å². The predicted molar refractivity (Wildman–Crippen MR) is 102 cm³/mol. The molecule has 0 radical (unpaired) electrons. The van der Waals surface area contributed by atoms with Gasteiger partial charge in [-0.25, -0.2) is 4.39 Å². The van der Waals surface area contributed by atoms with Gasteiger partial charge in [0.05, 0.1) is 16.3 Å². The average molecular weight is 397 g/mol. The van der Waals surface area contributed by atoms with Crippen molar-refractivity contribution < 1.29 is 14.0 Å². The standard InChI is InChI=1S/C19H19Cl2FN2O2/c1-11(2)9-17(19(26)23-16-6-4-3-5-15(16)22)24-18(25)13-8-7-12(20)10-14(13)21/h3-8,10-11,17H,9H2,1-2H3,(H,23,26)(H,24,25)/t17-/m0/s1. The molecule has 0 saturated heterocycles. The number of hydrogen-bond donors (Lipinski definition) is 2. The number of benzene rings is 2. The summed E-state index contributed by atoms with van der Waals surface area (Å²) in [4.78, 5) is 25.1. The molecule has 1 atom stereocenters. The molecule has 138 valence electrons. The van der Waals surface area contributed by atoms with Gasteiger partial charge in [0.2, 0.25) is 5.91 Å². The summed E-state index contributed by atoms with van der Waals surface area (Å²) in [5.41, 5.74) is 0.272. The second kappa shape index (κ2) is 9.01. The van der Waals surface area contributed by atoms with Crippen molar-refractivity contribution >= 4 is 40.7 Å². The number of halogens is 3. The molecular formula is C19H19Cl2FN2O2. The monoisotopic (exact) mass is 396 g/mol. The third kappa shape index (κ3) is 5.44. The maximum atomic E-state index is 13.8. The van der Waals surface area contributed by atoms with E-state index in [0.717, 1.165) is 0 Å². The molecule has 2 aromatic carbocycles. The first kappa shape index (κ1) is 20.2. The van der Waals surface area contributed by atoms with Crippen molar-refractivity contribution in [1.29, 1.82) is 0 Å². The molecule has 0 saturated carbocycles. The minimum Gasteiger partial charge on any atom is -0.340 e. The largest absolute Gasteiger partial charge is 0.340 e. The van der Waals surface area contributed by atoms with E-state index in [-0.39, 0.29) is 22.2 Å². The normalized spacial score (nSPS) is 11.9. The van der Waals surface area contributed by atoms with Gasteiger partial charge in [-0.1, -0.05) is 49.2 Å². The number of hydrogen-bond acceptors (Lipinski definition) is 2. The molecule has 0 aliphatic carbocycles. The second-order valence-corrected chi connectivity index (χ2v) is 7.09. The lowest BCUT2D eigenvalue weighted by Gasteiger charge is -2.20. The fourth-order valence-corrected chi connectivity index (χ4v) is 2.89. The molecule has 0 aliphatic rings. The van der Waals surface area contributed by atoms with Crippen molar-refractivity contribution in [3.05, 3.63) is 63.9 Å². The van der Waals surface area contributed by atoms with Crippen LogP contribution in [0, 0.1) is 11.7 Å². The predicted octanol–water partition coefficient (Wildman–Crippen LogP) is 4.92. The smallest absolute Gasteiger partial charge is 0.253 e. The fraction of sp³-hybridized carbons (Fsp3) is 0.263. The number of rotatable bonds is 6. The average Bonchev–Trinajstić information content (AvgIpc) is 2.55. The highest BCUT2D eigenvalue weighted by atomic mass is 35.5. The van der Waals surface area contributed by atoms with Gasteiger partial charge in [-0.15, -0.1) is 0 Å². The van der Waals surface area contributed by atoms with Gasteiger partial charge in [0.25, 0.3) is 5.91 Å². The van der Waals surface area contributed by atoms with Gasteiger partial charge in [-0.2, -0.15) is 0 Å². The van der Waals surface area contributed by atoms with E-state index in [1.807, 2.05) is 13.8 Å². The summed E-state index contributed by atoms with van der Waals surface area (Å²) in [7, 11) is 0. The van der Waals surface area contributed by atoms with Crippen LogP contribution in [-0.2, 0) is 4.79 Å². The van der Waals surface area contributed by atoms with E-state index >= 15 is 0 Å². The SMILES string of the molecule is CC(C)C[C@H](NC(=O)c1ccc(Cl)cc1Cl)C(=O)Nc1ccccc1F. The first-order valence-electron chi connectivity index (χ1n) is 8.09. The van der Waals surface area contributed by atoms with Gasteiger partial charge in [-0.05, 0) is 42.7 Å². The van der Waals surface area contributed by atoms with E-state index < -0.39 is 23.7 Å². The number of carbonyl (C=O) groups is 2. The molecule has 0 heterocycles. The lowest BCUT2D eigenvalue weighted by atomic mass is 10.0. The number of nitrogens with one attached hydrogen (secondary N) is 2. The Morgan fingerprint density at radius 3 is 2.42 bits per heavy atom. The van der Waals surface area contributed by atoms with Crippen molar-refractivity contribution in [2.75, 3.05) is 5.32 Å². The van der Waals surface area contributed by atoms with Crippen LogP contribution >= 0.6 is 23.2 Å². The molecule has 0 fully saturated rings. The van der Waals surface area contributed by atoms with Crippen LogP contribution in [0.1, 0.15) is 30.6 Å². The van der Waals surface area contributed by atoms with Crippen LogP contribution in [0.5, 0.6) is 0 Å². The Hall–Kier alpha value is -2.11. The second-order valence-electron chi connectivity index (χ2n) is 6.25. The van der Waals surface area contributed by atoms with Gasteiger partial charge >= 0.3 is 0 Å². The summed E-state index contributed by atoms with van der Waals surface area (Å²) < 4.78 is 13.8. The number of anilines is 1. The summed E-state index contributed by atoms with van der Waals surface area (Å²) in [5.74, 6) is -1.41. The molecule has 26 heavy (non-hydrogen) atoms. The Bertz CT molecular complexity index is 812. The maximum absolute atomic E-state index is 13.8. The highest BCUT2D eigenvalue weighted by molar-refractivity contribution is 6.36. The van der Waals surface area contributed by atoms with Gasteiger partial charge in [0.1, 0.15) is 11.9 Å². The van der Waals surface area contributed by atoms with E-state index in [1.54, 1.807) is 12.1 Å². The lowest BCUT2D eigenvalue weighted by Crippen LogP contribution is -2.44. The van der Waals surface area contributed by atoms with Crippen LogP contribution < -0.4 is 10.6 Å². The topological polar surface area (TPSA) is 58.2 Å². The summed E-state index contributed by atoms with van der Waals surface area (Å²) in [5, 5.41) is 5.77. The highest BCUT2D eigenvalue weighted by Gasteiger charge is 2.24. The molecule has 0 spiro atoms. The van der Waals surface area contributed by atoms with Crippen LogP contribution in [0.3, 0.4) is 0 Å². The van der Waals surface area contributed by atoms with Gasteiger partial charge in [0, 0.05) is 5.02 Å². The van der Waals surface area contributed by atoms with Crippen molar-refractivity contribution in [2.45, 2.75) is 26.3 Å². The number of amides is 2. The molecular weight excluding hydrogens is 378 g/mol. The van der Waals surface area contributed by atoms with E-state index in [2.05, 4.69) is 10.6 Å². The Morgan fingerprint density at radius 1 is 1.12 bits per heavy atom. The van der Waals surface area contributed by atoms with Crippen LogP contribution in [0.25, 0.3) is 0 Å². The molecule has 0 aromatic heterocycles. The fourth-order valence-electron chi connectivity index (χ4n) is 2.39. The van der Waals surface area contributed by atoms with Gasteiger partial charge < -0.3 is 10.6 Å². The third-order valence-corrected chi connectivity index (χ3v) is 4.18. The van der Waals surface area contributed by atoms with Gasteiger partial charge in [-0.3, -0.25) is 9.59 Å². The summed E-state index contributed by atoms with van der Waals surface area (Å²) in [6.07, 6.45) is 0.386. The maximum Gasteiger partial charge on any atom is 0.253 e. The van der Waals surface area contributed by atoms with Crippen molar-refractivity contribution in [2.24, 2.45) is 5.92 Å². The molecule has 2 N–H and O–H groups in total. The van der Waals surface area contributed by atoms with Crippen LogP contribution in [-0.4, -0.2) is 17.9 Å². The van der Waals surface area contributed by atoms with Crippen molar-refractivity contribution in [3.8, 4) is 0 Å². The molecule has 2 rings (SSSR count). The zero-order valence-corrected chi connectivity index (χ0v) is 15.9. The minimum atomic E-state index is -0.839. The Labute approximate surface area is 161 Å². The Morgan fingerprint density at radius 2 is 1.81 bits per heavy atom. The molecule has 0 unspecified atom stereocenters. The van der Waals surface area contributed by atoms with Crippen molar-refractivity contribution in [1.82, 2.24) is 5.32 Å². The zero-order valence-electron chi connectivity index (χ0n) is 14.4. The molecule has 2 amide bonds. The van der Waals surface area contributed by atoms with Gasteiger partial charge in [0.15, 0.2) is 0 Å². The summed E-state index contributed by atoms with van der Waals surface area (Å²) in [6.45, 7) is 3.84. The lowest BCUT2D eigenvalue weighted by molar-refractivity contribution is -0.118. The molecule has 0 bridgehead atoms. The zero-order chi connectivity index (χ0) is 19.3. The van der Waals surface area contributed by atoms with E-state index in [1.165, 1.54) is 30.3 Å². The Kier molecular flexibility index (Phi) is 7.00. The van der Waals surface area contributed by atoms with Crippen LogP contribution in [0.4, 0.5) is 10.1 Å². The third-order valence-electron chi connectivity index (χ3n) is 3.64. The molecule has 0 aliphatic heterocycles. The minimum absolute atomic E-state index is 0.0602. The van der Waals surface area contributed by atoms with Crippen LogP contribution in [0.2, 0.25) is 10.0 Å². The molecule has 7 heteroatoms. The van der Waals surface area contributed by atoms with E-state index in [4.69, 9.17) is 23.2 Å². The first-order valence-corrected chi connectivity index (χ1v) is 8.85. The Balaban J connectivity index is 2.17. The summed E-state index contributed by atoms with van der Waals surface area (Å²) >= 11 is 11.9. The summed E-state index contributed by atoms with van der Waals surface area (Å²) in [6, 6.07) is 9.49.